The first-order valence-electron chi connectivity index (χ1n) is 9.67. The Morgan fingerprint density at radius 2 is 2.00 bits per heavy atom. The number of nitrogens with two attached hydrogens (primary N) is 1. The van der Waals surface area contributed by atoms with Crippen molar-refractivity contribution >= 4 is 56.6 Å². The highest BCUT2D eigenvalue weighted by atomic mass is 35.5. The number of carbonyl (C=O) groups is 1. The fraction of sp³-hybridized carbons (Fsp3) is 0.381. The lowest BCUT2D eigenvalue weighted by atomic mass is 9.98. The van der Waals surface area contributed by atoms with Gasteiger partial charge in [0.2, 0.25) is 5.95 Å². The van der Waals surface area contributed by atoms with Crippen LogP contribution in [0.4, 0.5) is 5.95 Å². The molecule has 2 unspecified atom stereocenters. The zero-order valence-electron chi connectivity index (χ0n) is 17.4. The van der Waals surface area contributed by atoms with Crippen molar-refractivity contribution in [2.75, 3.05) is 26.4 Å². The molecule has 160 valence electrons. The number of hydrogen-bond donors (Lipinski definition) is 2. The van der Waals surface area contributed by atoms with Crippen LogP contribution in [0.1, 0.15) is 29.9 Å². The van der Waals surface area contributed by atoms with Gasteiger partial charge in [-0.05, 0) is 44.3 Å². The van der Waals surface area contributed by atoms with Crippen molar-refractivity contribution in [2.24, 2.45) is 5.92 Å². The van der Waals surface area contributed by atoms with Crippen LogP contribution in [-0.2, 0) is 0 Å². The van der Waals surface area contributed by atoms with Gasteiger partial charge in [-0.2, -0.15) is 0 Å². The number of nitrogens with one attached hydrogen (secondary N) is 1. The van der Waals surface area contributed by atoms with E-state index in [0.29, 0.717) is 36.9 Å². The highest BCUT2D eigenvalue weighted by Gasteiger charge is 2.22. The van der Waals surface area contributed by atoms with Crippen LogP contribution in [0.3, 0.4) is 0 Å². The van der Waals surface area contributed by atoms with Crippen LogP contribution in [-0.4, -0.2) is 47.5 Å². The van der Waals surface area contributed by atoms with Crippen molar-refractivity contribution in [2.45, 2.75) is 26.3 Å². The first kappa shape index (κ1) is 22.7. The van der Waals surface area contributed by atoms with E-state index in [9.17, 15) is 4.79 Å². The largest absolute Gasteiger partial charge is 0.368 e. The second-order valence-electron chi connectivity index (χ2n) is 7.61. The molecule has 9 heteroatoms. The molecule has 2 heterocycles. The number of nitrogens with zero attached hydrogens (tertiary/aromatic N) is 3. The Balaban J connectivity index is 1.99. The summed E-state index contributed by atoms with van der Waals surface area (Å²) in [5, 5.41) is 4.90. The summed E-state index contributed by atoms with van der Waals surface area (Å²) < 4.78 is 0. The summed E-state index contributed by atoms with van der Waals surface area (Å²) in [7, 11) is 4.00. The molecule has 3 rings (SSSR count). The van der Waals surface area contributed by atoms with E-state index in [2.05, 4.69) is 34.0 Å². The molecule has 0 radical (unpaired) electrons. The van der Waals surface area contributed by atoms with Crippen molar-refractivity contribution in [3.63, 3.8) is 0 Å². The van der Waals surface area contributed by atoms with Crippen LogP contribution in [0.2, 0.25) is 10.0 Å². The van der Waals surface area contributed by atoms with Crippen LogP contribution in [0.25, 0.3) is 21.5 Å². The summed E-state index contributed by atoms with van der Waals surface area (Å²) in [6.45, 7) is 5.04. The molecule has 30 heavy (non-hydrogen) atoms. The molecule has 3 N–H and O–H groups in total. The third-order valence-corrected chi connectivity index (χ3v) is 6.60. The lowest BCUT2D eigenvalue weighted by molar-refractivity contribution is 0.0917. The molecule has 3 aromatic rings. The number of aromatic nitrogens is 2. The van der Waals surface area contributed by atoms with Gasteiger partial charge in [0.15, 0.2) is 0 Å². The Hall–Kier alpha value is -1.93. The molecule has 0 aliphatic carbocycles. The highest BCUT2D eigenvalue weighted by molar-refractivity contribution is 7.20. The topological polar surface area (TPSA) is 84.1 Å². The fourth-order valence-electron chi connectivity index (χ4n) is 3.22. The molecule has 2 atom stereocenters. The standard InChI is InChI=1S/C21H25Cl2N5OS/c1-5-11(2)16(10-28(3)4)25-19(29)17-9-14-18(26-21(24)27-20(14)30-17)13-7-6-12(22)8-15(13)23/h6-9,11,16H,5,10H2,1-4H3,(H,25,29)(H2,24,26,27). The molecule has 1 aromatic carbocycles. The smallest absolute Gasteiger partial charge is 0.261 e. The van der Waals surface area contributed by atoms with E-state index in [1.165, 1.54) is 11.3 Å². The number of amides is 1. The van der Waals surface area contributed by atoms with Gasteiger partial charge < -0.3 is 16.0 Å². The van der Waals surface area contributed by atoms with E-state index in [1.807, 2.05) is 14.1 Å². The van der Waals surface area contributed by atoms with Crippen molar-refractivity contribution in [1.29, 1.82) is 0 Å². The molecule has 0 aliphatic heterocycles. The third kappa shape index (κ3) is 5.03. The van der Waals surface area contributed by atoms with E-state index in [4.69, 9.17) is 28.9 Å². The molecular weight excluding hydrogens is 441 g/mol. The Morgan fingerprint density at radius 3 is 2.63 bits per heavy atom. The average Bonchev–Trinajstić information content (AvgIpc) is 3.10. The van der Waals surface area contributed by atoms with Gasteiger partial charge in [-0.25, -0.2) is 9.97 Å². The van der Waals surface area contributed by atoms with E-state index >= 15 is 0 Å². The van der Waals surface area contributed by atoms with Crippen molar-refractivity contribution < 1.29 is 4.79 Å². The van der Waals surface area contributed by atoms with Crippen molar-refractivity contribution in [3.8, 4) is 11.3 Å². The maximum Gasteiger partial charge on any atom is 0.261 e. The van der Waals surface area contributed by atoms with Gasteiger partial charge in [0.25, 0.3) is 5.91 Å². The number of benzene rings is 1. The van der Waals surface area contributed by atoms with E-state index in [1.54, 1.807) is 24.3 Å². The molecule has 1 amide bonds. The molecule has 0 saturated heterocycles. The number of halogens is 2. The predicted molar refractivity (Wildman–Crippen MR) is 127 cm³/mol. The lowest BCUT2D eigenvalue weighted by Gasteiger charge is -2.27. The predicted octanol–water partition coefficient (Wildman–Crippen LogP) is 4.95. The number of fused-ring (bicyclic) bond motifs is 1. The van der Waals surface area contributed by atoms with Gasteiger partial charge in [-0.1, -0.05) is 43.5 Å². The summed E-state index contributed by atoms with van der Waals surface area (Å²) in [4.78, 5) is 25.0. The Bertz CT molecular complexity index is 1070. The number of rotatable bonds is 7. The molecule has 0 fully saturated rings. The van der Waals surface area contributed by atoms with Gasteiger partial charge >= 0.3 is 0 Å². The van der Waals surface area contributed by atoms with Gasteiger partial charge in [-0.3, -0.25) is 4.79 Å². The molecule has 6 nitrogen and oxygen atoms in total. The third-order valence-electron chi connectivity index (χ3n) is 5.03. The number of likely N-dealkylation sites (N-methyl/N-ethyl adjacent to an activating group) is 1. The zero-order valence-corrected chi connectivity index (χ0v) is 19.7. The van der Waals surface area contributed by atoms with Gasteiger partial charge in [0.05, 0.1) is 15.6 Å². The normalized spacial score (nSPS) is 13.6. The van der Waals surface area contributed by atoms with E-state index < -0.39 is 0 Å². The van der Waals surface area contributed by atoms with Gasteiger partial charge in [-0.15, -0.1) is 11.3 Å². The minimum Gasteiger partial charge on any atom is -0.368 e. The second-order valence-corrected chi connectivity index (χ2v) is 9.49. The number of anilines is 1. The maximum atomic E-state index is 13.0. The molecule has 0 aliphatic rings. The average molecular weight is 466 g/mol. The summed E-state index contributed by atoms with van der Waals surface area (Å²) in [6, 6.07) is 7.03. The quantitative estimate of drug-likeness (QED) is 0.515. The molecule has 0 saturated carbocycles. The van der Waals surface area contributed by atoms with Crippen molar-refractivity contribution in [1.82, 2.24) is 20.2 Å². The van der Waals surface area contributed by atoms with E-state index in [0.717, 1.165) is 18.4 Å². The molecule has 0 bridgehead atoms. The van der Waals surface area contributed by atoms with Crippen molar-refractivity contribution in [3.05, 3.63) is 39.2 Å². The SMILES string of the molecule is CCC(C)C(CN(C)C)NC(=O)c1cc2c(-c3ccc(Cl)cc3Cl)nc(N)nc2s1. The summed E-state index contributed by atoms with van der Waals surface area (Å²) in [6.07, 6.45) is 0.979. The summed E-state index contributed by atoms with van der Waals surface area (Å²) in [5.74, 6) is 0.351. The summed E-state index contributed by atoms with van der Waals surface area (Å²) in [5.41, 5.74) is 7.20. The van der Waals surface area contributed by atoms with Gasteiger partial charge in [0, 0.05) is 28.6 Å². The Morgan fingerprint density at radius 1 is 1.27 bits per heavy atom. The van der Waals surface area contributed by atoms with Crippen LogP contribution >= 0.6 is 34.5 Å². The van der Waals surface area contributed by atoms with Gasteiger partial charge in [0.1, 0.15) is 4.83 Å². The lowest BCUT2D eigenvalue weighted by Crippen LogP contribution is -2.45. The minimum absolute atomic E-state index is 0.0454. The highest BCUT2D eigenvalue weighted by Crippen LogP contribution is 2.36. The zero-order chi connectivity index (χ0) is 22.0. The first-order chi connectivity index (χ1) is 14.2. The number of thiophene rings is 1. The van der Waals surface area contributed by atoms with Crippen LogP contribution in [0.5, 0.6) is 0 Å². The second kappa shape index (κ2) is 9.47. The molecular formula is C21H25Cl2N5OS. The van der Waals surface area contributed by atoms with Crippen LogP contribution < -0.4 is 11.1 Å². The van der Waals surface area contributed by atoms with E-state index in [-0.39, 0.29) is 17.9 Å². The molecule has 2 aromatic heterocycles. The number of hydrogen-bond acceptors (Lipinski definition) is 6. The number of nitrogen functional groups attached to an aromatic ring is 1. The molecule has 0 spiro atoms. The fourth-order valence-corrected chi connectivity index (χ4v) is 4.66. The first-order valence-corrected chi connectivity index (χ1v) is 11.2. The monoisotopic (exact) mass is 465 g/mol. The van der Waals surface area contributed by atoms with Crippen LogP contribution in [0.15, 0.2) is 24.3 Å². The minimum atomic E-state index is -0.128. The van der Waals surface area contributed by atoms with Crippen LogP contribution in [0, 0.1) is 5.92 Å². The Kier molecular flexibility index (Phi) is 7.18. The maximum absolute atomic E-state index is 13.0. The Labute approximate surface area is 190 Å². The number of carbonyl (C=O) groups excluding carboxylic acids is 1. The summed E-state index contributed by atoms with van der Waals surface area (Å²) >= 11 is 13.7.